The van der Waals surface area contributed by atoms with Crippen LogP contribution in [0.2, 0.25) is 0 Å². The first-order chi connectivity index (χ1) is 8.58. The zero-order valence-electron chi connectivity index (χ0n) is 10.7. The standard InChI is InChI=1S/C14H18BrNO2/c1-9-5-6-11(8-12(9)15)14(17)16-10(2)13-4-3-7-18-13/h5-6,8,10,13H,3-4,7H2,1-2H3,(H,16,17). The first-order valence-corrected chi connectivity index (χ1v) is 7.06. The molecule has 0 aromatic heterocycles. The van der Waals surface area contributed by atoms with Gasteiger partial charge in [0.2, 0.25) is 0 Å². The van der Waals surface area contributed by atoms with Gasteiger partial charge in [0.05, 0.1) is 12.1 Å². The Hall–Kier alpha value is -0.870. The smallest absolute Gasteiger partial charge is 0.251 e. The largest absolute Gasteiger partial charge is 0.376 e. The van der Waals surface area contributed by atoms with E-state index in [0.717, 1.165) is 29.5 Å². The summed E-state index contributed by atoms with van der Waals surface area (Å²) in [5.41, 5.74) is 1.80. The summed E-state index contributed by atoms with van der Waals surface area (Å²) < 4.78 is 6.53. The quantitative estimate of drug-likeness (QED) is 0.931. The summed E-state index contributed by atoms with van der Waals surface area (Å²) in [4.78, 5) is 12.1. The van der Waals surface area contributed by atoms with Gasteiger partial charge in [-0.25, -0.2) is 0 Å². The van der Waals surface area contributed by atoms with Crippen molar-refractivity contribution in [1.82, 2.24) is 5.32 Å². The van der Waals surface area contributed by atoms with Crippen LogP contribution in [0.3, 0.4) is 0 Å². The van der Waals surface area contributed by atoms with Crippen molar-refractivity contribution in [3.8, 4) is 0 Å². The summed E-state index contributed by atoms with van der Waals surface area (Å²) in [6.07, 6.45) is 2.27. The molecule has 1 aliphatic rings. The highest BCUT2D eigenvalue weighted by Crippen LogP contribution is 2.19. The number of carbonyl (C=O) groups excluding carboxylic acids is 1. The Kier molecular flexibility index (Phi) is 4.40. The van der Waals surface area contributed by atoms with Gasteiger partial charge in [0.15, 0.2) is 0 Å². The third-order valence-electron chi connectivity index (χ3n) is 3.32. The molecule has 0 aliphatic carbocycles. The predicted molar refractivity (Wildman–Crippen MR) is 74.8 cm³/mol. The number of aryl methyl sites for hydroxylation is 1. The number of hydrogen-bond acceptors (Lipinski definition) is 2. The maximum absolute atomic E-state index is 12.1. The lowest BCUT2D eigenvalue weighted by Crippen LogP contribution is -2.40. The number of ether oxygens (including phenoxy) is 1. The molecule has 1 aromatic rings. The first kappa shape index (κ1) is 13.6. The fraction of sp³-hybridized carbons (Fsp3) is 0.500. The van der Waals surface area contributed by atoms with Crippen molar-refractivity contribution >= 4 is 21.8 Å². The Morgan fingerprint density at radius 1 is 1.56 bits per heavy atom. The van der Waals surface area contributed by atoms with Crippen molar-refractivity contribution in [3.63, 3.8) is 0 Å². The van der Waals surface area contributed by atoms with Crippen molar-refractivity contribution < 1.29 is 9.53 Å². The Labute approximate surface area is 116 Å². The molecule has 0 bridgehead atoms. The Morgan fingerprint density at radius 3 is 2.94 bits per heavy atom. The molecule has 1 amide bonds. The maximum Gasteiger partial charge on any atom is 0.251 e. The summed E-state index contributed by atoms with van der Waals surface area (Å²) in [5.74, 6) is -0.0429. The lowest BCUT2D eigenvalue weighted by Gasteiger charge is -2.20. The zero-order valence-corrected chi connectivity index (χ0v) is 12.3. The number of benzene rings is 1. The third-order valence-corrected chi connectivity index (χ3v) is 4.17. The monoisotopic (exact) mass is 311 g/mol. The molecule has 4 heteroatoms. The minimum absolute atomic E-state index is 0.0429. The lowest BCUT2D eigenvalue weighted by molar-refractivity contribution is 0.0712. The molecule has 18 heavy (non-hydrogen) atoms. The normalized spacial score (nSPS) is 20.7. The van der Waals surface area contributed by atoms with E-state index in [1.54, 1.807) is 0 Å². The van der Waals surface area contributed by atoms with Crippen molar-refractivity contribution in [3.05, 3.63) is 33.8 Å². The molecular formula is C14H18BrNO2. The molecule has 3 nitrogen and oxygen atoms in total. The van der Waals surface area contributed by atoms with E-state index in [9.17, 15) is 4.79 Å². The van der Waals surface area contributed by atoms with Gasteiger partial charge in [0, 0.05) is 16.6 Å². The summed E-state index contributed by atoms with van der Waals surface area (Å²) in [6.45, 7) is 4.80. The van der Waals surface area contributed by atoms with Crippen molar-refractivity contribution in [1.29, 1.82) is 0 Å². The highest BCUT2D eigenvalue weighted by Gasteiger charge is 2.23. The molecular weight excluding hydrogens is 294 g/mol. The van der Waals surface area contributed by atoms with Crippen LogP contribution >= 0.6 is 15.9 Å². The van der Waals surface area contributed by atoms with E-state index in [-0.39, 0.29) is 18.1 Å². The number of amides is 1. The molecule has 0 spiro atoms. The van der Waals surface area contributed by atoms with Gasteiger partial charge >= 0.3 is 0 Å². The molecule has 1 fully saturated rings. The fourth-order valence-corrected chi connectivity index (χ4v) is 2.49. The molecule has 0 saturated carbocycles. The van der Waals surface area contributed by atoms with Crippen LogP contribution in [-0.2, 0) is 4.74 Å². The molecule has 2 unspecified atom stereocenters. The molecule has 1 aliphatic heterocycles. The average molecular weight is 312 g/mol. The van der Waals surface area contributed by atoms with Gasteiger partial charge in [-0.2, -0.15) is 0 Å². The molecule has 0 radical (unpaired) electrons. The lowest BCUT2D eigenvalue weighted by atomic mass is 10.1. The van der Waals surface area contributed by atoms with Crippen LogP contribution in [0.5, 0.6) is 0 Å². The second-order valence-electron chi connectivity index (χ2n) is 4.78. The number of halogens is 1. The topological polar surface area (TPSA) is 38.3 Å². The van der Waals surface area contributed by atoms with E-state index < -0.39 is 0 Å². The van der Waals surface area contributed by atoms with Crippen LogP contribution in [0.15, 0.2) is 22.7 Å². The van der Waals surface area contributed by atoms with Crippen molar-refractivity contribution in [2.75, 3.05) is 6.61 Å². The van der Waals surface area contributed by atoms with Crippen LogP contribution in [-0.4, -0.2) is 24.7 Å². The fourth-order valence-electron chi connectivity index (χ4n) is 2.11. The van der Waals surface area contributed by atoms with E-state index in [2.05, 4.69) is 21.2 Å². The Balaban J connectivity index is 2.00. The number of hydrogen-bond donors (Lipinski definition) is 1. The molecule has 98 valence electrons. The van der Waals surface area contributed by atoms with E-state index >= 15 is 0 Å². The number of carbonyl (C=O) groups is 1. The van der Waals surface area contributed by atoms with Gasteiger partial charge in [-0.15, -0.1) is 0 Å². The maximum atomic E-state index is 12.1. The molecule has 1 aromatic carbocycles. The minimum Gasteiger partial charge on any atom is -0.376 e. The summed E-state index contributed by atoms with van der Waals surface area (Å²) in [6, 6.07) is 5.69. The zero-order chi connectivity index (χ0) is 13.1. The number of rotatable bonds is 3. The Morgan fingerprint density at radius 2 is 2.33 bits per heavy atom. The van der Waals surface area contributed by atoms with Gasteiger partial charge in [0.25, 0.3) is 5.91 Å². The average Bonchev–Trinajstić information content (AvgIpc) is 2.86. The molecule has 2 atom stereocenters. The van der Waals surface area contributed by atoms with Gasteiger partial charge in [-0.1, -0.05) is 22.0 Å². The summed E-state index contributed by atoms with van der Waals surface area (Å²) in [5, 5.41) is 3.00. The second kappa shape index (κ2) is 5.85. The second-order valence-corrected chi connectivity index (χ2v) is 5.63. The molecule has 1 heterocycles. The van der Waals surface area contributed by atoms with E-state index in [4.69, 9.17) is 4.74 Å². The van der Waals surface area contributed by atoms with Crippen molar-refractivity contribution in [2.45, 2.75) is 38.8 Å². The number of nitrogens with one attached hydrogen (secondary N) is 1. The summed E-state index contributed by atoms with van der Waals surface area (Å²) >= 11 is 3.44. The predicted octanol–water partition coefficient (Wildman–Crippen LogP) is 3.05. The molecule has 1 N–H and O–H groups in total. The Bertz CT molecular complexity index is 441. The van der Waals surface area contributed by atoms with Crippen LogP contribution in [0.1, 0.15) is 35.7 Å². The first-order valence-electron chi connectivity index (χ1n) is 6.26. The van der Waals surface area contributed by atoms with Gasteiger partial charge in [0.1, 0.15) is 0 Å². The van der Waals surface area contributed by atoms with Gasteiger partial charge in [-0.3, -0.25) is 4.79 Å². The van der Waals surface area contributed by atoms with Crippen LogP contribution in [0.4, 0.5) is 0 Å². The molecule has 1 saturated heterocycles. The van der Waals surface area contributed by atoms with Crippen LogP contribution in [0, 0.1) is 6.92 Å². The van der Waals surface area contributed by atoms with E-state index in [1.165, 1.54) is 0 Å². The van der Waals surface area contributed by atoms with Gasteiger partial charge < -0.3 is 10.1 Å². The van der Waals surface area contributed by atoms with Crippen molar-refractivity contribution in [2.24, 2.45) is 0 Å². The van der Waals surface area contributed by atoms with Crippen LogP contribution < -0.4 is 5.32 Å². The van der Waals surface area contributed by atoms with E-state index in [1.807, 2.05) is 32.0 Å². The highest BCUT2D eigenvalue weighted by atomic mass is 79.9. The van der Waals surface area contributed by atoms with Crippen LogP contribution in [0.25, 0.3) is 0 Å². The minimum atomic E-state index is -0.0429. The highest BCUT2D eigenvalue weighted by molar-refractivity contribution is 9.10. The summed E-state index contributed by atoms with van der Waals surface area (Å²) in [7, 11) is 0. The van der Waals surface area contributed by atoms with E-state index in [0.29, 0.717) is 5.56 Å². The molecule has 2 rings (SSSR count). The van der Waals surface area contributed by atoms with Gasteiger partial charge in [-0.05, 0) is 44.4 Å². The SMILES string of the molecule is Cc1ccc(C(=O)NC(C)C2CCCO2)cc1Br. The third kappa shape index (κ3) is 3.12.